The predicted octanol–water partition coefficient (Wildman–Crippen LogP) is 4.26. The van der Waals surface area contributed by atoms with Crippen molar-refractivity contribution in [1.29, 1.82) is 0 Å². The lowest BCUT2D eigenvalue weighted by atomic mass is 10.1. The number of nitrogens with zero attached hydrogens (tertiary/aromatic N) is 5. The Morgan fingerprint density at radius 1 is 1.12 bits per heavy atom. The highest BCUT2D eigenvalue weighted by molar-refractivity contribution is 7.99. The summed E-state index contributed by atoms with van der Waals surface area (Å²) in [5.74, 6) is -0.497. The molecule has 0 bridgehead atoms. The Hall–Kier alpha value is -3.60. The molecule has 1 N–H and O–H groups in total. The van der Waals surface area contributed by atoms with Crippen LogP contribution in [0.25, 0.3) is 5.69 Å². The van der Waals surface area contributed by atoms with Crippen LogP contribution in [0.2, 0.25) is 0 Å². The zero-order valence-corrected chi connectivity index (χ0v) is 17.3. The van der Waals surface area contributed by atoms with Crippen LogP contribution in [0.15, 0.2) is 78.7 Å². The quantitative estimate of drug-likeness (QED) is 0.419. The van der Waals surface area contributed by atoms with E-state index in [4.69, 9.17) is 0 Å². The molecule has 0 saturated carbocycles. The number of amides is 1. The van der Waals surface area contributed by atoms with Crippen molar-refractivity contribution in [2.75, 3.05) is 11.1 Å². The summed E-state index contributed by atoms with van der Waals surface area (Å²) in [5, 5.41) is 7.13. The summed E-state index contributed by atoms with van der Waals surface area (Å²) in [6, 6.07) is 12.8. The second kappa shape index (κ2) is 9.27. The normalized spacial score (nSPS) is 11.5. The van der Waals surface area contributed by atoms with Crippen LogP contribution in [0.5, 0.6) is 0 Å². The van der Waals surface area contributed by atoms with Crippen molar-refractivity contribution in [3.05, 3.63) is 84.7 Å². The van der Waals surface area contributed by atoms with E-state index in [0.29, 0.717) is 11.7 Å². The van der Waals surface area contributed by atoms with Crippen LogP contribution in [-0.2, 0) is 17.5 Å². The van der Waals surface area contributed by atoms with Gasteiger partial charge in [-0.2, -0.15) is 18.3 Å². The van der Waals surface area contributed by atoms with Gasteiger partial charge in [0.15, 0.2) is 5.16 Å². The third kappa shape index (κ3) is 5.17. The Morgan fingerprint density at radius 2 is 1.94 bits per heavy atom. The number of benzene rings is 2. The molecule has 11 heteroatoms. The highest BCUT2D eigenvalue weighted by atomic mass is 32.2. The zero-order chi connectivity index (χ0) is 22.6. The lowest BCUT2D eigenvalue weighted by Gasteiger charge is -2.14. The van der Waals surface area contributed by atoms with Gasteiger partial charge in [0.2, 0.25) is 5.91 Å². The molecule has 2 aromatic carbocycles. The number of alkyl halides is 3. The average molecular weight is 458 g/mol. The van der Waals surface area contributed by atoms with E-state index >= 15 is 0 Å². The molecule has 4 aromatic rings. The van der Waals surface area contributed by atoms with E-state index in [2.05, 4.69) is 20.4 Å². The summed E-state index contributed by atoms with van der Waals surface area (Å²) in [6.07, 6.45) is 1.50. The molecule has 0 spiro atoms. The minimum Gasteiger partial charge on any atom is -0.323 e. The Labute approximate surface area is 185 Å². The number of carbonyl (C=O) groups is 1. The van der Waals surface area contributed by atoms with Crippen LogP contribution in [0, 0.1) is 0 Å². The van der Waals surface area contributed by atoms with Crippen molar-refractivity contribution in [2.24, 2.45) is 0 Å². The van der Waals surface area contributed by atoms with Gasteiger partial charge in [0, 0.05) is 18.9 Å². The number of nitrogens with one attached hydrogen (secondary N) is 1. The maximum absolute atomic E-state index is 13.2. The van der Waals surface area contributed by atoms with Gasteiger partial charge in [0.05, 0.1) is 22.7 Å². The first-order valence-corrected chi connectivity index (χ1v) is 10.4. The molecular weight excluding hydrogens is 441 g/mol. The van der Waals surface area contributed by atoms with Gasteiger partial charge in [-0.15, -0.1) is 0 Å². The fourth-order valence-corrected chi connectivity index (χ4v) is 3.76. The summed E-state index contributed by atoms with van der Waals surface area (Å²) in [5.41, 5.74) is 0.476. The first kappa shape index (κ1) is 21.6. The second-order valence-corrected chi connectivity index (χ2v) is 7.67. The topological polar surface area (TPSA) is 77.6 Å². The van der Waals surface area contributed by atoms with Gasteiger partial charge in [0.1, 0.15) is 12.7 Å². The van der Waals surface area contributed by atoms with Crippen LogP contribution in [0.4, 0.5) is 18.9 Å². The van der Waals surface area contributed by atoms with Gasteiger partial charge in [-0.1, -0.05) is 42.1 Å². The summed E-state index contributed by atoms with van der Waals surface area (Å²) >= 11 is 1.20. The van der Waals surface area contributed by atoms with Crippen LogP contribution < -0.4 is 5.32 Å². The van der Waals surface area contributed by atoms with Crippen LogP contribution in [0.3, 0.4) is 0 Å². The van der Waals surface area contributed by atoms with Crippen molar-refractivity contribution in [1.82, 2.24) is 24.3 Å². The lowest BCUT2D eigenvalue weighted by Crippen LogP contribution is -2.17. The van der Waals surface area contributed by atoms with Gasteiger partial charge >= 0.3 is 6.18 Å². The second-order valence-electron chi connectivity index (χ2n) is 6.73. The third-order valence-corrected chi connectivity index (χ3v) is 5.47. The summed E-state index contributed by atoms with van der Waals surface area (Å²) in [7, 11) is 0. The molecule has 2 heterocycles. The van der Waals surface area contributed by atoms with E-state index in [1.165, 1.54) is 35.2 Å². The zero-order valence-electron chi connectivity index (χ0n) is 16.5. The van der Waals surface area contributed by atoms with Crippen molar-refractivity contribution >= 4 is 23.4 Å². The maximum Gasteiger partial charge on any atom is 0.416 e. The number of hydrogen-bond acceptors (Lipinski definition) is 5. The Morgan fingerprint density at radius 3 is 2.66 bits per heavy atom. The molecule has 1 amide bonds. The number of aromatic nitrogens is 5. The van der Waals surface area contributed by atoms with E-state index in [-0.39, 0.29) is 17.1 Å². The molecule has 7 nitrogen and oxygen atoms in total. The molecule has 0 fully saturated rings. The maximum atomic E-state index is 13.2. The Bertz CT molecular complexity index is 1190. The lowest BCUT2D eigenvalue weighted by molar-refractivity contribution is -0.137. The number of carbonyl (C=O) groups excluding carboxylic acids is 1. The van der Waals surface area contributed by atoms with Crippen LogP contribution in [-0.4, -0.2) is 36.0 Å². The van der Waals surface area contributed by atoms with Gasteiger partial charge in [-0.05, 0) is 23.8 Å². The number of imidazole rings is 1. The summed E-state index contributed by atoms with van der Waals surface area (Å²) < 4.78 is 42.7. The molecule has 0 unspecified atom stereocenters. The molecule has 32 heavy (non-hydrogen) atoms. The molecule has 4 rings (SSSR count). The minimum atomic E-state index is -4.54. The fraction of sp³-hybridized carbons (Fsp3) is 0.143. The van der Waals surface area contributed by atoms with Crippen LogP contribution in [0.1, 0.15) is 11.1 Å². The number of anilines is 1. The largest absolute Gasteiger partial charge is 0.416 e. The monoisotopic (exact) mass is 458 g/mol. The predicted molar refractivity (Wildman–Crippen MR) is 113 cm³/mol. The van der Waals surface area contributed by atoms with Crippen molar-refractivity contribution < 1.29 is 18.0 Å². The average Bonchev–Trinajstić information content (AvgIpc) is 3.45. The van der Waals surface area contributed by atoms with Gasteiger partial charge in [-0.25, -0.2) is 14.6 Å². The third-order valence-electron chi connectivity index (χ3n) is 4.47. The number of rotatable bonds is 7. The van der Waals surface area contributed by atoms with E-state index in [1.807, 2.05) is 41.1 Å². The van der Waals surface area contributed by atoms with Gasteiger partial charge in [0.25, 0.3) is 0 Å². The molecule has 164 valence electrons. The number of halogens is 3. The number of thioether (sulfide) groups is 1. The Balaban J connectivity index is 1.47. The molecular formula is C21H17F3N6OS. The molecule has 0 aliphatic heterocycles. The van der Waals surface area contributed by atoms with Crippen molar-refractivity contribution in [2.45, 2.75) is 17.9 Å². The summed E-state index contributed by atoms with van der Waals surface area (Å²) in [4.78, 5) is 20.6. The molecule has 0 saturated heterocycles. The number of hydrogen-bond donors (Lipinski definition) is 1. The summed E-state index contributed by atoms with van der Waals surface area (Å²) in [6.45, 7) is 0.592. The standard InChI is InChI=1S/C21H17F3N6OS/c22-21(23,24)16-6-7-18(30-14-25-13-27-30)17(10-16)28-19(31)12-32-20-26-8-9-29(20)11-15-4-2-1-3-5-15/h1-10,13-14H,11-12H2,(H,28,31). The molecule has 0 radical (unpaired) electrons. The van der Waals surface area contributed by atoms with Gasteiger partial charge in [-0.3, -0.25) is 4.79 Å². The first-order chi connectivity index (χ1) is 15.4. The van der Waals surface area contributed by atoms with Gasteiger partial charge < -0.3 is 9.88 Å². The van der Waals surface area contributed by atoms with E-state index in [1.54, 1.807) is 6.20 Å². The molecule has 0 aliphatic rings. The van der Waals surface area contributed by atoms with E-state index < -0.39 is 17.6 Å². The molecule has 0 aliphatic carbocycles. The van der Waals surface area contributed by atoms with E-state index in [0.717, 1.165) is 17.7 Å². The Kier molecular flexibility index (Phi) is 6.26. The van der Waals surface area contributed by atoms with Crippen molar-refractivity contribution in [3.63, 3.8) is 0 Å². The molecule has 2 aromatic heterocycles. The highest BCUT2D eigenvalue weighted by Gasteiger charge is 2.31. The smallest absolute Gasteiger partial charge is 0.323 e. The SMILES string of the molecule is O=C(CSc1nccn1Cc1ccccc1)Nc1cc(C(F)(F)F)ccc1-n1cncn1. The van der Waals surface area contributed by atoms with E-state index in [9.17, 15) is 18.0 Å². The van der Waals surface area contributed by atoms with Crippen LogP contribution >= 0.6 is 11.8 Å². The minimum absolute atomic E-state index is 0.0106. The fourth-order valence-electron chi connectivity index (χ4n) is 3.00. The molecule has 0 atom stereocenters. The first-order valence-electron chi connectivity index (χ1n) is 9.44. The highest BCUT2D eigenvalue weighted by Crippen LogP contribution is 2.33. The van der Waals surface area contributed by atoms with Crippen molar-refractivity contribution in [3.8, 4) is 5.69 Å².